The van der Waals surface area contributed by atoms with Gasteiger partial charge in [-0.2, -0.15) is 13.2 Å². The van der Waals surface area contributed by atoms with Gasteiger partial charge in [-0.3, -0.25) is 9.36 Å². The Morgan fingerprint density at radius 1 is 1.09 bits per heavy atom. The van der Waals surface area contributed by atoms with Gasteiger partial charge in [-0.1, -0.05) is 41.6 Å². The molecule has 33 heavy (non-hydrogen) atoms. The summed E-state index contributed by atoms with van der Waals surface area (Å²) in [6.07, 6.45) is -0.444. The molecule has 170 valence electrons. The molecule has 0 radical (unpaired) electrons. The van der Waals surface area contributed by atoms with Gasteiger partial charge in [0.1, 0.15) is 4.83 Å². The Balaban J connectivity index is 1.61. The fourth-order valence-corrected chi connectivity index (χ4v) is 6.47. The third-order valence-corrected chi connectivity index (χ3v) is 8.11. The second-order valence-electron chi connectivity index (χ2n) is 7.89. The van der Waals surface area contributed by atoms with Gasteiger partial charge in [-0.05, 0) is 67.1 Å². The number of thioether (sulfide) groups is 1. The number of hydrogen-bond acceptors (Lipinski definition) is 4. The van der Waals surface area contributed by atoms with Gasteiger partial charge in [0, 0.05) is 15.7 Å². The first-order chi connectivity index (χ1) is 15.8. The largest absolute Gasteiger partial charge is 0.416 e. The maximum atomic E-state index is 13.7. The van der Waals surface area contributed by atoms with E-state index in [1.165, 1.54) is 22.7 Å². The van der Waals surface area contributed by atoms with Crippen LogP contribution in [-0.2, 0) is 24.8 Å². The molecule has 0 fully saturated rings. The number of alkyl halides is 3. The summed E-state index contributed by atoms with van der Waals surface area (Å²) in [6.45, 7) is 0. The Morgan fingerprint density at radius 3 is 2.61 bits per heavy atom. The highest BCUT2D eigenvalue weighted by atomic mass is 35.5. The van der Waals surface area contributed by atoms with Gasteiger partial charge in [0.25, 0.3) is 5.56 Å². The number of fused-ring (bicyclic) bond motifs is 3. The van der Waals surface area contributed by atoms with Crippen LogP contribution in [0.1, 0.15) is 34.4 Å². The van der Waals surface area contributed by atoms with E-state index in [-0.39, 0.29) is 11.3 Å². The molecule has 2 aromatic carbocycles. The molecule has 1 aliphatic carbocycles. The Kier molecular flexibility index (Phi) is 6.01. The molecule has 0 aliphatic heterocycles. The van der Waals surface area contributed by atoms with Crippen LogP contribution in [0.3, 0.4) is 0 Å². The van der Waals surface area contributed by atoms with Gasteiger partial charge in [0.15, 0.2) is 5.16 Å². The topological polar surface area (TPSA) is 34.9 Å². The summed E-state index contributed by atoms with van der Waals surface area (Å²) in [7, 11) is 0. The third-order valence-electron chi connectivity index (χ3n) is 5.67. The average Bonchev–Trinajstić information content (AvgIpc) is 3.17. The summed E-state index contributed by atoms with van der Waals surface area (Å²) in [5.41, 5.74) is 1.40. The minimum atomic E-state index is -4.40. The molecule has 3 nitrogen and oxygen atoms in total. The first kappa shape index (κ1) is 22.5. The lowest BCUT2D eigenvalue weighted by Crippen LogP contribution is -2.22. The van der Waals surface area contributed by atoms with Crippen LogP contribution in [0.4, 0.5) is 13.2 Å². The fraction of sp³-hybridized carbons (Fsp3) is 0.250. The molecule has 0 amide bonds. The van der Waals surface area contributed by atoms with E-state index in [2.05, 4.69) is 0 Å². The molecule has 2 aromatic heterocycles. The Hall–Kier alpha value is -2.29. The quantitative estimate of drug-likeness (QED) is 0.215. The first-order valence-corrected chi connectivity index (χ1v) is 12.6. The number of aromatic nitrogens is 2. The van der Waals surface area contributed by atoms with E-state index in [1.54, 1.807) is 46.2 Å². The van der Waals surface area contributed by atoms with Gasteiger partial charge in [-0.25, -0.2) is 4.98 Å². The monoisotopic (exact) mass is 506 g/mol. The molecule has 5 rings (SSSR count). The zero-order valence-corrected chi connectivity index (χ0v) is 19.7. The molecule has 0 atom stereocenters. The molecule has 1 aliphatic rings. The molecule has 2 heterocycles. The second-order valence-corrected chi connectivity index (χ2v) is 10.4. The fourth-order valence-electron chi connectivity index (χ4n) is 4.09. The summed E-state index contributed by atoms with van der Waals surface area (Å²) < 4.78 is 40.9. The van der Waals surface area contributed by atoms with Crippen molar-refractivity contribution in [3.63, 3.8) is 0 Å². The lowest BCUT2D eigenvalue weighted by atomic mass is 9.97. The highest BCUT2D eigenvalue weighted by Crippen LogP contribution is 2.36. The van der Waals surface area contributed by atoms with Crippen molar-refractivity contribution in [1.29, 1.82) is 0 Å². The van der Waals surface area contributed by atoms with Crippen LogP contribution in [0, 0.1) is 0 Å². The molecule has 0 saturated heterocycles. The Bertz CT molecular complexity index is 1390. The van der Waals surface area contributed by atoms with Crippen molar-refractivity contribution in [1.82, 2.24) is 9.55 Å². The predicted octanol–water partition coefficient (Wildman–Crippen LogP) is 7.29. The van der Waals surface area contributed by atoms with E-state index in [4.69, 9.17) is 16.6 Å². The van der Waals surface area contributed by atoms with Gasteiger partial charge in [0.05, 0.1) is 16.6 Å². The maximum Gasteiger partial charge on any atom is 0.416 e. The number of rotatable bonds is 4. The van der Waals surface area contributed by atoms with E-state index >= 15 is 0 Å². The molecule has 9 heteroatoms. The van der Waals surface area contributed by atoms with Crippen LogP contribution in [-0.4, -0.2) is 9.55 Å². The number of nitrogens with zero attached hydrogens (tertiary/aromatic N) is 2. The zero-order chi connectivity index (χ0) is 23.2. The van der Waals surface area contributed by atoms with Gasteiger partial charge >= 0.3 is 6.18 Å². The van der Waals surface area contributed by atoms with E-state index in [0.29, 0.717) is 31.6 Å². The van der Waals surface area contributed by atoms with Gasteiger partial charge < -0.3 is 0 Å². The Labute approximate surface area is 201 Å². The summed E-state index contributed by atoms with van der Waals surface area (Å²) in [6, 6.07) is 12.2. The van der Waals surface area contributed by atoms with Crippen LogP contribution in [0.5, 0.6) is 0 Å². The highest BCUT2D eigenvalue weighted by molar-refractivity contribution is 7.98. The van der Waals surface area contributed by atoms with E-state index in [9.17, 15) is 18.0 Å². The van der Waals surface area contributed by atoms with Crippen molar-refractivity contribution >= 4 is 44.9 Å². The summed E-state index contributed by atoms with van der Waals surface area (Å²) in [5, 5.41) is 1.66. The summed E-state index contributed by atoms with van der Waals surface area (Å²) in [4.78, 5) is 20.4. The molecule has 0 saturated carbocycles. The third kappa shape index (κ3) is 4.44. The SMILES string of the molecule is O=c1c2c3c(sc2nc(SCc2cccc(C(F)(F)F)c2)n1-c1ccc(Cl)cc1)CCCC3. The summed E-state index contributed by atoms with van der Waals surface area (Å²) >= 11 is 8.85. The number of aryl methyl sites for hydroxylation is 2. The van der Waals surface area contributed by atoms with Crippen molar-refractivity contribution in [2.75, 3.05) is 0 Å². The number of benzene rings is 2. The second kappa shape index (κ2) is 8.81. The number of halogens is 4. The zero-order valence-electron chi connectivity index (χ0n) is 17.3. The molecule has 0 unspecified atom stereocenters. The molecule has 0 N–H and O–H groups in total. The van der Waals surface area contributed by atoms with Gasteiger partial charge in [-0.15, -0.1) is 11.3 Å². The van der Waals surface area contributed by atoms with Crippen molar-refractivity contribution in [3.8, 4) is 5.69 Å². The van der Waals surface area contributed by atoms with Crippen molar-refractivity contribution < 1.29 is 13.2 Å². The predicted molar refractivity (Wildman–Crippen MR) is 128 cm³/mol. The van der Waals surface area contributed by atoms with Crippen LogP contribution in [0.25, 0.3) is 15.9 Å². The average molecular weight is 507 g/mol. The van der Waals surface area contributed by atoms with Crippen LogP contribution in [0.2, 0.25) is 5.02 Å². The summed E-state index contributed by atoms with van der Waals surface area (Å²) in [5.74, 6) is 0.251. The van der Waals surface area contributed by atoms with E-state index in [1.807, 2.05) is 0 Å². The maximum absolute atomic E-state index is 13.7. The van der Waals surface area contributed by atoms with Crippen molar-refractivity contribution in [2.45, 2.75) is 42.8 Å². The van der Waals surface area contributed by atoms with Gasteiger partial charge in [0.2, 0.25) is 0 Å². The highest BCUT2D eigenvalue weighted by Gasteiger charge is 2.30. The van der Waals surface area contributed by atoms with Crippen LogP contribution in [0.15, 0.2) is 58.5 Å². The van der Waals surface area contributed by atoms with Crippen molar-refractivity contribution in [3.05, 3.63) is 85.5 Å². The minimum Gasteiger partial charge on any atom is -0.268 e. The standard InChI is InChI=1S/C24H18ClF3N2OS2/c25-16-8-10-17(11-9-16)30-22(31)20-18-6-1-2-7-19(18)33-21(20)29-23(30)32-13-14-4-3-5-15(12-14)24(26,27)28/h3-5,8-12H,1-2,6-7,13H2. The van der Waals surface area contributed by atoms with Crippen LogP contribution < -0.4 is 5.56 Å². The molecule has 0 spiro atoms. The first-order valence-electron chi connectivity index (χ1n) is 10.4. The number of hydrogen-bond donors (Lipinski definition) is 0. The smallest absolute Gasteiger partial charge is 0.268 e. The number of thiophene rings is 1. The van der Waals surface area contributed by atoms with Crippen LogP contribution >= 0.6 is 34.7 Å². The van der Waals surface area contributed by atoms with E-state index < -0.39 is 11.7 Å². The Morgan fingerprint density at radius 2 is 1.85 bits per heavy atom. The normalized spacial score (nSPS) is 13.9. The lowest BCUT2D eigenvalue weighted by Gasteiger charge is -2.14. The van der Waals surface area contributed by atoms with E-state index in [0.717, 1.165) is 43.4 Å². The lowest BCUT2D eigenvalue weighted by molar-refractivity contribution is -0.137. The molecular formula is C24H18ClF3N2OS2. The molecule has 0 bridgehead atoms. The minimum absolute atomic E-state index is 0.145. The molecular weight excluding hydrogens is 489 g/mol. The molecule has 4 aromatic rings. The van der Waals surface area contributed by atoms with Crippen molar-refractivity contribution in [2.24, 2.45) is 0 Å².